The van der Waals surface area contributed by atoms with Gasteiger partial charge in [-0.15, -0.1) is 11.3 Å². The Morgan fingerprint density at radius 1 is 1.32 bits per heavy atom. The van der Waals surface area contributed by atoms with Gasteiger partial charge in [0.2, 0.25) is 0 Å². The number of hydrogen-bond acceptors (Lipinski definition) is 4. The maximum atomic E-state index is 11.9. The molecule has 5 heteroatoms. The van der Waals surface area contributed by atoms with Crippen LogP contribution < -0.4 is 0 Å². The van der Waals surface area contributed by atoms with Gasteiger partial charge < -0.3 is 4.90 Å². The first-order chi connectivity index (χ1) is 9.06. The van der Waals surface area contributed by atoms with Crippen molar-refractivity contribution >= 4 is 28.7 Å². The van der Waals surface area contributed by atoms with Gasteiger partial charge in [0.15, 0.2) is 5.78 Å². The Bertz CT molecular complexity index is 602. The number of aromatic nitrogens is 1. The molecule has 0 bridgehead atoms. The van der Waals surface area contributed by atoms with Gasteiger partial charge in [-0.05, 0) is 12.1 Å². The summed E-state index contributed by atoms with van der Waals surface area (Å²) >= 11 is 7.22. The molecular weight excluding hydrogens is 280 g/mol. The minimum Gasteiger partial charge on any atom is -0.383 e. The molecule has 0 saturated heterocycles. The molecule has 1 heterocycles. The minimum atomic E-state index is -0.0357. The third-order valence-corrected chi connectivity index (χ3v) is 3.68. The number of thiazole rings is 1. The molecule has 0 amide bonds. The van der Waals surface area contributed by atoms with Crippen molar-refractivity contribution in [1.29, 1.82) is 0 Å². The molecule has 1 aromatic heterocycles. The van der Waals surface area contributed by atoms with Crippen LogP contribution in [0.2, 0.25) is 5.02 Å². The van der Waals surface area contributed by atoms with Crippen molar-refractivity contribution in [3.8, 4) is 10.6 Å². The van der Waals surface area contributed by atoms with E-state index in [1.165, 1.54) is 11.3 Å². The predicted octanol–water partition coefficient (Wildman–Crippen LogP) is 3.72. The Morgan fingerprint density at radius 2 is 2.00 bits per heavy atom. The average Bonchev–Trinajstić information content (AvgIpc) is 2.86. The summed E-state index contributed by atoms with van der Waals surface area (Å²) in [5.41, 5.74) is 0.963. The van der Waals surface area contributed by atoms with E-state index in [9.17, 15) is 4.79 Å². The Labute approximate surface area is 121 Å². The second-order valence-electron chi connectivity index (χ2n) is 4.18. The van der Waals surface area contributed by atoms with Gasteiger partial charge in [-0.3, -0.25) is 4.79 Å². The molecule has 0 atom stereocenters. The fourth-order valence-electron chi connectivity index (χ4n) is 1.41. The molecule has 0 aliphatic carbocycles. The highest BCUT2D eigenvalue weighted by Crippen LogP contribution is 2.26. The molecule has 0 unspecified atom stereocenters. The molecule has 0 N–H and O–H groups in total. The first-order valence-electron chi connectivity index (χ1n) is 5.67. The molecule has 2 aromatic rings. The number of allylic oxidation sites excluding steroid dienone is 1. The molecule has 0 saturated carbocycles. The number of nitrogens with zero attached hydrogens (tertiary/aromatic N) is 2. The highest BCUT2D eigenvalue weighted by atomic mass is 35.5. The van der Waals surface area contributed by atoms with E-state index in [1.807, 2.05) is 43.3 Å². The minimum absolute atomic E-state index is 0.0357. The van der Waals surface area contributed by atoms with E-state index in [2.05, 4.69) is 4.98 Å². The van der Waals surface area contributed by atoms with Crippen LogP contribution in [0.15, 0.2) is 42.7 Å². The predicted molar refractivity (Wildman–Crippen MR) is 79.7 cm³/mol. The van der Waals surface area contributed by atoms with Gasteiger partial charge >= 0.3 is 0 Å². The van der Waals surface area contributed by atoms with Crippen LogP contribution in [0.3, 0.4) is 0 Å². The van der Waals surface area contributed by atoms with Gasteiger partial charge in [0.25, 0.3) is 0 Å². The number of carbonyl (C=O) groups is 1. The summed E-state index contributed by atoms with van der Waals surface area (Å²) in [5, 5.41) is 1.50. The van der Waals surface area contributed by atoms with Crippen molar-refractivity contribution in [1.82, 2.24) is 9.88 Å². The molecule has 3 nitrogen and oxygen atoms in total. The molecule has 0 radical (unpaired) electrons. The van der Waals surface area contributed by atoms with Crippen LogP contribution >= 0.6 is 22.9 Å². The van der Waals surface area contributed by atoms with Gasteiger partial charge in [-0.25, -0.2) is 4.98 Å². The molecule has 2 rings (SSSR count). The lowest BCUT2D eigenvalue weighted by Gasteiger charge is -2.01. The first kappa shape index (κ1) is 13.8. The molecular formula is C14H13ClN2OS. The van der Waals surface area contributed by atoms with Crippen molar-refractivity contribution in [3.63, 3.8) is 0 Å². The van der Waals surface area contributed by atoms with Crippen molar-refractivity contribution < 1.29 is 4.79 Å². The summed E-state index contributed by atoms with van der Waals surface area (Å²) in [6.07, 6.45) is 4.88. The lowest BCUT2D eigenvalue weighted by Crippen LogP contribution is -2.02. The third kappa shape index (κ3) is 3.66. The molecule has 1 aromatic carbocycles. The number of rotatable bonds is 4. The smallest absolute Gasteiger partial charge is 0.198 e. The lowest BCUT2D eigenvalue weighted by molar-refractivity contribution is 0.104. The third-order valence-electron chi connectivity index (χ3n) is 2.36. The fraction of sp³-hybridized carbons (Fsp3) is 0.143. The van der Waals surface area contributed by atoms with Gasteiger partial charge in [0.1, 0.15) is 5.01 Å². The number of ketones is 1. The number of carbonyl (C=O) groups excluding carboxylic acids is 1. The normalized spacial score (nSPS) is 10.9. The Morgan fingerprint density at radius 3 is 2.63 bits per heavy atom. The van der Waals surface area contributed by atoms with Crippen LogP contribution in [0.1, 0.15) is 9.67 Å². The zero-order chi connectivity index (χ0) is 13.8. The summed E-state index contributed by atoms with van der Waals surface area (Å²) < 4.78 is 0. The van der Waals surface area contributed by atoms with Crippen LogP contribution in [0.5, 0.6) is 0 Å². The number of hydrogen-bond donors (Lipinski definition) is 0. The molecule has 0 spiro atoms. The summed E-state index contributed by atoms with van der Waals surface area (Å²) in [5.74, 6) is -0.0357. The monoisotopic (exact) mass is 292 g/mol. The molecule has 0 fully saturated rings. The van der Waals surface area contributed by atoms with Crippen molar-refractivity contribution in [2.45, 2.75) is 0 Å². The second-order valence-corrected chi connectivity index (χ2v) is 5.65. The Hall–Kier alpha value is -1.65. The summed E-state index contributed by atoms with van der Waals surface area (Å²) in [6, 6.07) is 7.41. The molecule has 98 valence electrons. The van der Waals surface area contributed by atoms with Crippen LogP contribution in [0.4, 0.5) is 0 Å². The largest absolute Gasteiger partial charge is 0.383 e. The first-order valence-corrected chi connectivity index (χ1v) is 6.86. The lowest BCUT2D eigenvalue weighted by atomic mass is 10.2. The quantitative estimate of drug-likeness (QED) is 0.636. The zero-order valence-electron chi connectivity index (χ0n) is 10.6. The van der Waals surface area contributed by atoms with Crippen LogP contribution in [-0.4, -0.2) is 29.8 Å². The van der Waals surface area contributed by atoms with E-state index < -0.39 is 0 Å². The average molecular weight is 293 g/mol. The van der Waals surface area contributed by atoms with E-state index in [1.54, 1.807) is 18.5 Å². The maximum absolute atomic E-state index is 11.9. The fourth-order valence-corrected chi connectivity index (χ4v) is 2.38. The van der Waals surface area contributed by atoms with Gasteiger partial charge in [0, 0.05) is 43.2 Å². The van der Waals surface area contributed by atoms with E-state index in [-0.39, 0.29) is 5.78 Å². The van der Waals surface area contributed by atoms with E-state index >= 15 is 0 Å². The molecule has 19 heavy (non-hydrogen) atoms. The molecule has 0 aliphatic rings. The van der Waals surface area contributed by atoms with Crippen molar-refractivity contribution in [2.24, 2.45) is 0 Å². The highest BCUT2D eigenvalue weighted by Gasteiger charge is 2.09. The molecule has 0 aliphatic heterocycles. The van der Waals surface area contributed by atoms with E-state index in [4.69, 9.17) is 11.6 Å². The van der Waals surface area contributed by atoms with Crippen LogP contribution in [0, 0.1) is 0 Å². The highest BCUT2D eigenvalue weighted by molar-refractivity contribution is 7.17. The van der Waals surface area contributed by atoms with Crippen LogP contribution in [0.25, 0.3) is 10.6 Å². The number of benzene rings is 1. The van der Waals surface area contributed by atoms with Gasteiger partial charge in [-0.2, -0.15) is 0 Å². The van der Waals surface area contributed by atoms with E-state index in [0.29, 0.717) is 9.90 Å². The Balaban J connectivity index is 2.19. The zero-order valence-corrected chi connectivity index (χ0v) is 12.2. The topological polar surface area (TPSA) is 33.2 Å². The maximum Gasteiger partial charge on any atom is 0.198 e. The summed E-state index contributed by atoms with van der Waals surface area (Å²) in [7, 11) is 3.74. The van der Waals surface area contributed by atoms with Crippen LogP contribution in [-0.2, 0) is 0 Å². The van der Waals surface area contributed by atoms with Crippen molar-refractivity contribution in [3.05, 3.63) is 52.6 Å². The summed E-state index contributed by atoms with van der Waals surface area (Å²) in [6.45, 7) is 0. The second kappa shape index (κ2) is 5.99. The summed E-state index contributed by atoms with van der Waals surface area (Å²) in [4.78, 5) is 18.6. The van der Waals surface area contributed by atoms with Crippen molar-refractivity contribution in [2.75, 3.05) is 14.1 Å². The van der Waals surface area contributed by atoms with E-state index in [0.717, 1.165) is 10.6 Å². The Kier molecular flexibility index (Phi) is 4.35. The van der Waals surface area contributed by atoms with Gasteiger partial charge in [-0.1, -0.05) is 23.7 Å². The number of halogens is 1. The SMILES string of the molecule is CN(C)/C=C/C(=O)c1cnc(-c2ccc(Cl)cc2)s1. The van der Waals surface area contributed by atoms with Gasteiger partial charge in [0.05, 0.1) is 4.88 Å². The standard InChI is InChI=1S/C14H13ClN2OS/c1-17(2)8-7-12(18)13-9-16-14(19-13)10-3-5-11(15)6-4-10/h3-9H,1-2H3/b8-7+.